The van der Waals surface area contributed by atoms with E-state index in [0.29, 0.717) is 15.7 Å². The number of hydrogen-bond acceptors (Lipinski definition) is 0. The maximum atomic E-state index is 2.40. The summed E-state index contributed by atoms with van der Waals surface area (Å²) < 4.78 is 0. The molecule has 0 saturated carbocycles. The third-order valence-corrected chi connectivity index (χ3v) is 6.76. The molecule has 0 rings (SSSR count). The van der Waals surface area contributed by atoms with Crippen molar-refractivity contribution in [2.75, 3.05) is 6.16 Å². The third-order valence-electron chi connectivity index (χ3n) is 2.25. The molecule has 15 heavy (non-hydrogen) atoms. The Morgan fingerprint density at radius 2 is 0.933 bits per heavy atom. The van der Waals surface area contributed by atoms with Crippen LogP contribution in [0.2, 0.25) is 0 Å². The SMILES string of the molecule is CC(C)(C)CP(C(C)(C)C)C(C)(C)C.[Pd]. The topological polar surface area (TPSA) is 0 Å². The Labute approximate surface area is 112 Å². The molecular weight excluding hydrogens is 294 g/mol. The van der Waals surface area contributed by atoms with E-state index in [0.717, 1.165) is 0 Å². The summed E-state index contributed by atoms with van der Waals surface area (Å²) in [6, 6.07) is 0. The molecule has 2 heteroatoms. The Bertz CT molecular complexity index is 164. The predicted molar refractivity (Wildman–Crippen MR) is 70.7 cm³/mol. The van der Waals surface area contributed by atoms with Gasteiger partial charge in [-0.1, -0.05) is 70.2 Å². The van der Waals surface area contributed by atoms with Crippen molar-refractivity contribution >= 4 is 7.92 Å². The fourth-order valence-corrected chi connectivity index (χ4v) is 5.86. The summed E-state index contributed by atoms with van der Waals surface area (Å²) >= 11 is 0. The van der Waals surface area contributed by atoms with E-state index in [4.69, 9.17) is 0 Å². The largest absolute Gasteiger partial charge is 0.0951 e. The van der Waals surface area contributed by atoms with Crippen LogP contribution in [0.5, 0.6) is 0 Å². The molecule has 96 valence electrons. The average Bonchev–Trinajstić information content (AvgIpc) is 1.75. The van der Waals surface area contributed by atoms with Crippen LogP contribution in [0, 0.1) is 5.41 Å². The minimum Gasteiger partial charge on any atom is -0.0951 e. The summed E-state index contributed by atoms with van der Waals surface area (Å²) in [5.41, 5.74) is 0.465. The normalized spacial score (nSPS) is 14.0. The third kappa shape index (κ3) is 7.90. The average molecular weight is 323 g/mol. The van der Waals surface area contributed by atoms with Crippen LogP contribution >= 0.6 is 7.92 Å². The molecule has 0 atom stereocenters. The molecule has 0 nitrogen and oxygen atoms in total. The number of rotatable bonds is 1. The Morgan fingerprint density at radius 3 is 1.00 bits per heavy atom. The van der Waals surface area contributed by atoms with Crippen molar-refractivity contribution in [2.45, 2.75) is 72.6 Å². The van der Waals surface area contributed by atoms with E-state index in [9.17, 15) is 0 Å². The standard InChI is InChI=1S/C13H29P.Pd/c1-11(2,3)10-14(12(4,5)6)13(7,8)9;/h10H2,1-9H3;. The summed E-state index contributed by atoms with van der Waals surface area (Å²) in [7, 11) is 0.0692. The van der Waals surface area contributed by atoms with Crippen molar-refractivity contribution in [1.29, 1.82) is 0 Å². The van der Waals surface area contributed by atoms with Gasteiger partial charge in [0, 0.05) is 20.4 Å². The first-order valence-corrected chi connectivity index (χ1v) is 7.14. The minimum atomic E-state index is 0. The van der Waals surface area contributed by atoms with Crippen LogP contribution in [0.4, 0.5) is 0 Å². The second-order valence-corrected chi connectivity index (χ2v) is 11.3. The van der Waals surface area contributed by atoms with Crippen molar-refractivity contribution in [1.82, 2.24) is 0 Å². The smallest absolute Gasteiger partial charge is 0 e. The molecule has 0 fully saturated rings. The van der Waals surface area contributed by atoms with Gasteiger partial charge in [0.2, 0.25) is 0 Å². The Kier molecular flexibility index (Phi) is 6.92. The predicted octanol–water partition coefficient (Wildman–Crippen LogP) is 5.11. The van der Waals surface area contributed by atoms with Gasteiger partial charge < -0.3 is 0 Å². The molecule has 0 aromatic carbocycles. The van der Waals surface area contributed by atoms with Crippen molar-refractivity contribution < 1.29 is 20.4 Å². The first-order valence-electron chi connectivity index (χ1n) is 5.62. The summed E-state index contributed by atoms with van der Waals surface area (Å²) in [6.45, 7) is 21.5. The van der Waals surface area contributed by atoms with Crippen LogP contribution in [0.3, 0.4) is 0 Å². The molecule has 0 saturated heterocycles. The molecule has 0 heterocycles. The van der Waals surface area contributed by atoms with E-state index >= 15 is 0 Å². The summed E-state index contributed by atoms with van der Waals surface area (Å²) in [5, 5.41) is 0.946. The molecule has 0 spiro atoms. The summed E-state index contributed by atoms with van der Waals surface area (Å²) in [4.78, 5) is 0. The fourth-order valence-electron chi connectivity index (χ4n) is 1.95. The van der Waals surface area contributed by atoms with Gasteiger partial charge in [0.05, 0.1) is 0 Å². The fraction of sp³-hybridized carbons (Fsp3) is 1.00. The van der Waals surface area contributed by atoms with Crippen LogP contribution in [-0.4, -0.2) is 16.5 Å². The van der Waals surface area contributed by atoms with E-state index in [2.05, 4.69) is 62.3 Å². The first-order chi connectivity index (χ1) is 5.84. The number of hydrogen-bond donors (Lipinski definition) is 0. The van der Waals surface area contributed by atoms with Crippen LogP contribution in [-0.2, 0) is 20.4 Å². The zero-order valence-corrected chi connectivity index (χ0v) is 14.4. The van der Waals surface area contributed by atoms with E-state index in [-0.39, 0.29) is 28.3 Å². The quantitative estimate of drug-likeness (QED) is 0.465. The van der Waals surface area contributed by atoms with Gasteiger partial charge >= 0.3 is 0 Å². The first kappa shape index (κ1) is 18.5. The van der Waals surface area contributed by atoms with Crippen LogP contribution in [0.25, 0.3) is 0 Å². The van der Waals surface area contributed by atoms with Gasteiger partial charge in [-0.3, -0.25) is 0 Å². The molecule has 0 aromatic heterocycles. The molecule has 0 aromatic rings. The molecular formula is C13H29PPd. The molecule has 0 radical (unpaired) electrons. The van der Waals surface area contributed by atoms with Gasteiger partial charge in [-0.2, -0.15) is 0 Å². The second kappa shape index (κ2) is 5.62. The zero-order chi connectivity index (χ0) is 11.8. The molecule has 0 aliphatic heterocycles. The van der Waals surface area contributed by atoms with Crippen molar-refractivity contribution in [2.24, 2.45) is 5.41 Å². The molecule has 0 bridgehead atoms. The Morgan fingerprint density at radius 1 is 0.667 bits per heavy atom. The van der Waals surface area contributed by atoms with Crippen LogP contribution in [0.1, 0.15) is 62.3 Å². The molecule has 0 aliphatic rings. The Hall–Kier alpha value is 1.09. The maximum absolute atomic E-state index is 2.40. The molecule has 0 amide bonds. The van der Waals surface area contributed by atoms with Gasteiger partial charge in [-0.15, -0.1) is 0 Å². The second-order valence-electron chi connectivity index (χ2n) is 7.49. The zero-order valence-electron chi connectivity index (χ0n) is 12.0. The van der Waals surface area contributed by atoms with Crippen molar-refractivity contribution in [3.8, 4) is 0 Å². The monoisotopic (exact) mass is 322 g/mol. The van der Waals surface area contributed by atoms with Crippen molar-refractivity contribution in [3.63, 3.8) is 0 Å². The minimum absolute atomic E-state index is 0. The van der Waals surface area contributed by atoms with Gasteiger partial charge in [-0.05, 0) is 21.9 Å². The van der Waals surface area contributed by atoms with Crippen molar-refractivity contribution in [3.05, 3.63) is 0 Å². The van der Waals surface area contributed by atoms with E-state index < -0.39 is 0 Å². The van der Waals surface area contributed by atoms with Crippen LogP contribution < -0.4 is 0 Å². The molecule has 0 N–H and O–H groups in total. The summed E-state index contributed by atoms with van der Waals surface area (Å²) in [6.07, 6.45) is 1.37. The van der Waals surface area contributed by atoms with E-state index in [1.54, 1.807) is 0 Å². The Balaban J connectivity index is 0. The van der Waals surface area contributed by atoms with E-state index in [1.807, 2.05) is 0 Å². The van der Waals surface area contributed by atoms with E-state index in [1.165, 1.54) is 6.16 Å². The molecule has 0 aliphatic carbocycles. The van der Waals surface area contributed by atoms with Gasteiger partial charge in [0.25, 0.3) is 0 Å². The van der Waals surface area contributed by atoms with Gasteiger partial charge in [0.15, 0.2) is 0 Å². The van der Waals surface area contributed by atoms with Crippen LogP contribution in [0.15, 0.2) is 0 Å². The summed E-state index contributed by atoms with van der Waals surface area (Å²) in [5.74, 6) is 0. The maximum Gasteiger partial charge on any atom is 0 e. The molecule has 0 unspecified atom stereocenters. The van der Waals surface area contributed by atoms with Gasteiger partial charge in [0.1, 0.15) is 0 Å². The van der Waals surface area contributed by atoms with Gasteiger partial charge in [-0.25, -0.2) is 0 Å².